The van der Waals surface area contributed by atoms with Crippen molar-refractivity contribution in [3.8, 4) is 11.8 Å². The summed E-state index contributed by atoms with van der Waals surface area (Å²) >= 11 is 2.99. The molecule has 0 aliphatic heterocycles. The molecular formula is C10H5BrFNO4. The van der Waals surface area contributed by atoms with Crippen LogP contribution < -0.4 is 0 Å². The summed E-state index contributed by atoms with van der Waals surface area (Å²) in [4.78, 5) is 20.4. The summed E-state index contributed by atoms with van der Waals surface area (Å²) in [5.74, 6) is 2.37. The van der Waals surface area contributed by atoms with E-state index in [0.29, 0.717) is 6.07 Å². The van der Waals surface area contributed by atoms with Crippen LogP contribution in [0.25, 0.3) is 0 Å². The highest BCUT2D eigenvalue weighted by Gasteiger charge is 2.22. The summed E-state index contributed by atoms with van der Waals surface area (Å²) in [5.41, 5.74) is -1.59. The zero-order chi connectivity index (χ0) is 13.0. The lowest BCUT2D eigenvalue weighted by Crippen LogP contribution is -2.04. The van der Waals surface area contributed by atoms with Crippen LogP contribution in [0.1, 0.15) is 15.9 Å². The normalized spacial score (nSPS) is 9.29. The Hall–Kier alpha value is -1.94. The molecule has 0 saturated heterocycles. The SMILES string of the molecule is O=C(O)c1cc(F)c(C#CCBr)cc1[N+](=O)[O-]. The van der Waals surface area contributed by atoms with Crippen LogP contribution in [-0.2, 0) is 0 Å². The molecule has 1 aromatic carbocycles. The minimum absolute atomic E-state index is 0.207. The van der Waals surface area contributed by atoms with E-state index in [1.807, 2.05) is 0 Å². The lowest BCUT2D eigenvalue weighted by molar-refractivity contribution is -0.385. The van der Waals surface area contributed by atoms with Gasteiger partial charge in [0, 0.05) is 6.07 Å². The van der Waals surface area contributed by atoms with Crippen LogP contribution in [0, 0.1) is 27.8 Å². The van der Waals surface area contributed by atoms with E-state index in [-0.39, 0.29) is 10.9 Å². The maximum Gasteiger partial charge on any atom is 0.342 e. The van der Waals surface area contributed by atoms with E-state index in [4.69, 9.17) is 5.11 Å². The Morgan fingerprint density at radius 2 is 2.24 bits per heavy atom. The molecule has 0 unspecified atom stereocenters. The average molecular weight is 302 g/mol. The van der Waals surface area contributed by atoms with Gasteiger partial charge in [-0.3, -0.25) is 10.1 Å². The predicted octanol–water partition coefficient (Wildman–Crippen LogP) is 2.18. The fraction of sp³-hybridized carbons (Fsp3) is 0.100. The van der Waals surface area contributed by atoms with Crippen molar-refractivity contribution in [2.75, 3.05) is 5.33 Å². The molecule has 0 amide bonds. The van der Waals surface area contributed by atoms with Crippen LogP contribution in [0.2, 0.25) is 0 Å². The maximum atomic E-state index is 13.4. The quantitative estimate of drug-likeness (QED) is 0.393. The highest BCUT2D eigenvalue weighted by molar-refractivity contribution is 9.09. The number of nitrogens with zero attached hydrogens (tertiary/aromatic N) is 1. The van der Waals surface area contributed by atoms with E-state index in [1.165, 1.54) is 0 Å². The molecule has 0 aromatic heterocycles. The Labute approximate surface area is 104 Å². The minimum atomic E-state index is -1.56. The summed E-state index contributed by atoms with van der Waals surface area (Å²) in [5, 5.41) is 19.6. The topological polar surface area (TPSA) is 80.4 Å². The molecule has 5 nitrogen and oxygen atoms in total. The van der Waals surface area contributed by atoms with Crippen LogP contribution in [0.5, 0.6) is 0 Å². The van der Waals surface area contributed by atoms with Crippen LogP contribution in [-0.4, -0.2) is 21.3 Å². The van der Waals surface area contributed by atoms with Crippen LogP contribution >= 0.6 is 15.9 Å². The number of aromatic carboxylic acids is 1. The van der Waals surface area contributed by atoms with Gasteiger partial charge in [0.15, 0.2) is 0 Å². The lowest BCUT2D eigenvalue weighted by atomic mass is 10.1. The van der Waals surface area contributed by atoms with E-state index < -0.39 is 28.0 Å². The van der Waals surface area contributed by atoms with Crippen LogP contribution in [0.3, 0.4) is 0 Å². The van der Waals surface area contributed by atoms with Gasteiger partial charge < -0.3 is 5.11 Å². The summed E-state index contributed by atoms with van der Waals surface area (Å²) < 4.78 is 13.4. The Morgan fingerprint density at radius 1 is 1.59 bits per heavy atom. The summed E-state index contributed by atoms with van der Waals surface area (Å²) in [6, 6.07) is 1.41. The van der Waals surface area contributed by atoms with Gasteiger partial charge in [0.05, 0.1) is 15.8 Å². The van der Waals surface area contributed by atoms with Gasteiger partial charge in [-0.1, -0.05) is 27.8 Å². The number of nitro benzene ring substituents is 1. The highest BCUT2D eigenvalue weighted by Crippen LogP contribution is 2.22. The monoisotopic (exact) mass is 301 g/mol. The van der Waals surface area contributed by atoms with Crippen LogP contribution in [0.4, 0.5) is 10.1 Å². The molecule has 0 heterocycles. The smallest absolute Gasteiger partial charge is 0.342 e. The molecule has 1 aromatic rings. The summed E-state index contributed by atoms with van der Waals surface area (Å²) in [6.45, 7) is 0. The Morgan fingerprint density at radius 3 is 2.71 bits per heavy atom. The predicted molar refractivity (Wildman–Crippen MR) is 60.7 cm³/mol. The molecule has 7 heteroatoms. The van der Waals surface area contributed by atoms with E-state index in [0.717, 1.165) is 6.07 Å². The molecule has 0 aliphatic carbocycles. The molecule has 1 N–H and O–H groups in total. The third-order valence-electron chi connectivity index (χ3n) is 1.80. The van der Waals surface area contributed by atoms with Gasteiger partial charge >= 0.3 is 5.97 Å². The number of carboxylic acids is 1. The van der Waals surface area contributed by atoms with E-state index in [2.05, 4.69) is 27.8 Å². The van der Waals surface area contributed by atoms with E-state index >= 15 is 0 Å². The number of hydrogen-bond donors (Lipinski definition) is 1. The van der Waals surface area contributed by atoms with Gasteiger partial charge in [-0.25, -0.2) is 9.18 Å². The minimum Gasteiger partial charge on any atom is -0.477 e. The number of rotatable bonds is 2. The second kappa shape index (κ2) is 5.41. The lowest BCUT2D eigenvalue weighted by Gasteiger charge is -2.00. The fourth-order valence-corrected chi connectivity index (χ4v) is 1.25. The molecule has 0 saturated carbocycles. The fourth-order valence-electron chi connectivity index (χ4n) is 1.11. The third-order valence-corrected chi connectivity index (χ3v) is 2.08. The average Bonchev–Trinajstić information content (AvgIpc) is 2.26. The molecule has 88 valence electrons. The third kappa shape index (κ3) is 3.01. The molecule has 0 fully saturated rings. The first-order valence-electron chi connectivity index (χ1n) is 4.23. The van der Waals surface area contributed by atoms with Gasteiger partial charge in [0.25, 0.3) is 5.69 Å². The van der Waals surface area contributed by atoms with Crippen molar-refractivity contribution in [1.82, 2.24) is 0 Å². The Balaban J connectivity index is 3.45. The molecule has 0 bridgehead atoms. The first-order valence-corrected chi connectivity index (χ1v) is 5.35. The van der Waals surface area contributed by atoms with Gasteiger partial charge in [0.2, 0.25) is 0 Å². The second-order valence-corrected chi connectivity index (χ2v) is 3.41. The summed E-state index contributed by atoms with van der Waals surface area (Å²) in [7, 11) is 0. The van der Waals surface area contributed by atoms with Crippen molar-refractivity contribution in [2.24, 2.45) is 0 Å². The second-order valence-electron chi connectivity index (χ2n) is 2.85. The van der Waals surface area contributed by atoms with Crippen molar-refractivity contribution in [2.45, 2.75) is 0 Å². The number of nitro groups is 1. The highest BCUT2D eigenvalue weighted by atomic mass is 79.9. The standard InChI is InChI=1S/C10H5BrFNO4/c11-3-1-2-6-4-9(13(16)17)7(10(14)15)5-8(6)12/h4-5H,3H2,(H,14,15). The first-order chi connectivity index (χ1) is 7.97. The zero-order valence-corrected chi connectivity index (χ0v) is 9.82. The Bertz CT molecular complexity index is 547. The van der Waals surface area contributed by atoms with Crippen molar-refractivity contribution in [3.05, 3.63) is 39.2 Å². The Kier molecular flexibility index (Phi) is 4.17. The maximum absolute atomic E-state index is 13.4. The van der Waals surface area contributed by atoms with Crippen LogP contribution in [0.15, 0.2) is 12.1 Å². The molecular weight excluding hydrogens is 297 g/mol. The van der Waals surface area contributed by atoms with Crippen molar-refractivity contribution < 1.29 is 19.2 Å². The number of carbonyl (C=O) groups is 1. The largest absolute Gasteiger partial charge is 0.477 e. The molecule has 17 heavy (non-hydrogen) atoms. The van der Waals surface area contributed by atoms with Crippen molar-refractivity contribution in [3.63, 3.8) is 0 Å². The summed E-state index contributed by atoms with van der Waals surface area (Å²) in [6.07, 6.45) is 0. The van der Waals surface area contributed by atoms with Gasteiger partial charge in [-0.15, -0.1) is 0 Å². The molecule has 0 spiro atoms. The molecule has 0 aliphatic rings. The van der Waals surface area contributed by atoms with E-state index in [1.54, 1.807) is 0 Å². The molecule has 0 radical (unpaired) electrons. The number of hydrogen-bond acceptors (Lipinski definition) is 3. The number of alkyl halides is 1. The van der Waals surface area contributed by atoms with Gasteiger partial charge in [0.1, 0.15) is 11.4 Å². The number of halogens is 2. The van der Waals surface area contributed by atoms with E-state index in [9.17, 15) is 19.3 Å². The molecule has 0 atom stereocenters. The van der Waals surface area contributed by atoms with Gasteiger partial charge in [-0.2, -0.15) is 0 Å². The first kappa shape index (κ1) is 13.1. The zero-order valence-electron chi connectivity index (χ0n) is 8.24. The molecule has 1 rings (SSSR count). The van der Waals surface area contributed by atoms with Gasteiger partial charge in [-0.05, 0) is 6.07 Å². The van der Waals surface area contributed by atoms with Crippen molar-refractivity contribution in [1.29, 1.82) is 0 Å². The number of benzene rings is 1. The van der Waals surface area contributed by atoms with Crippen molar-refractivity contribution >= 4 is 27.6 Å². The number of carboxylic acid groups (broad SMARTS) is 1.